The lowest BCUT2D eigenvalue weighted by Crippen LogP contribution is -2.03. The third kappa shape index (κ3) is 1.72. The summed E-state index contributed by atoms with van der Waals surface area (Å²) in [6, 6.07) is 5.89. The summed E-state index contributed by atoms with van der Waals surface area (Å²) in [6.07, 6.45) is 0.772. The fraction of sp³-hybridized carbons (Fsp3) is 0.222. The van der Waals surface area contributed by atoms with Crippen molar-refractivity contribution < 1.29 is 4.84 Å². The number of nitrogens with zero attached hydrogens (tertiary/aromatic N) is 1. The first-order chi connectivity index (χ1) is 6.81. The smallest absolute Gasteiger partial charge is 0.132 e. The SMILES string of the molecule is NOCCc1ccc2n[nH]c(Cl)c2c1. The lowest BCUT2D eigenvalue weighted by Gasteiger charge is -1.99. The lowest BCUT2D eigenvalue weighted by molar-refractivity contribution is 0.141. The maximum Gasteiger partial charge on any atom is 0.132 e. The molecular weight excluding hydrogens is 202 g/mol. The molecule has 74 valence electrons. The first-order valence-electron chi connectivity index (χ1n) is 4.25. The summed E-state index contributed by atoms with van der Waals surface area (Å²) in [7, 11) is 0. The summed E-state index contributed by atoms with van der Waals surface area (Å²) in [5, 5.41) is 8.24. The van der Waals surface area contributed by atoms with Gasteiger partial charge in [-0.25, -0.2) is 5.90 Å². The predicted octanol–water partition coefficient (Wildman–Crippen LogP) is 1.65. The summed E-state index contributed by atoms with van der Waals surface area (Å²) < 4.78 is 0. The van der Waals surface area contributed by atoms with E-state index in [4.69, 9.17) is 17.5 Å². The summed E-state index contributed by atoms with van der Waals surface area (Å²) in [6.45, 7) is 0.501. The molecule has 0 radical (unpaired) electrons. The topological polar surface area (TPSA) is 63.9 Å². The lowest BCUT2D eigenvalue weighted by atomic mass is 10.1. The number of rotatable bonds is 3. The van der Waals surface area contributed by atoms with Crippen molar-refractivity contribution in [3.63, 3.8) is 0 Å². The van der Waals surface area contributed by atoms with E-state index in [2.05, 4.69) is 15.0 Å². The van der Waals surface area contributed by atoms with E-state index in [1.807, 2.05) is 18.2 Å². The highest BCUT2D eigenvalue weighted by Gasteiger charge is 2.03. The molecule has 0 bridgehead atoms. The molecule has 2 aromatic rings. The fourth-order valence-corrected chi connectivity index (χ4v) is 1.55. The van der Waals surface area contributed by atoms with Gasteiger partial charge in [-0.15, -0.1) is 0 Å². The highest BCUT2D eigenvalue weighted by Crippen LogP contribution is 2.21. The second kappa shape index (κ2) is 3.96. The molecule has 1 aromatic heterocycles. The molecule has 14 heavy (non-hydrogen) atoms. The van der Waals surface area contributed by atoms with Crippen LogP contribution in [0.3, 0.4) is 0 Å². The summed E-state index contributed by atoms with van der Waals surface area (Å²) >= 11 is 5.90. The van der Waals surface area contributed by atoms with Crippen LogP contribution in [0.2, 0.25) is 5.15 Å². The number of hydrogen-bond acceptors (Lipinski definition) is 3. The van der Waals surface area contributed by atoms with E-state index in [0.29, 0.717) is 11.8 Å². The third-order valence-electron chi connectivity index (χ3n) is 2.08. The van der Waals surface area contributed by atoms with Gasteiger partial charge in [0.15, 0.2) is 0 Å². The fourth-order valence-electron chi connectivity index (χ4n) is 1.36. The van der Waals surface area contributed by atoms with Crippen LogP contribution in [0, 0.1) is 0 Å². The van der Waals surface area contributed by atoms with Gasteiger partial charge in [0, 0.05) is 5.39 Å². The second-order valence-electron chi connectivity index (χ2n) is 3.01. The number of nitrogens with one attached hydrogen (secondary N) is 1. The number of halogens is 1. The van der Waals surface area contributed by atoms with Gasteiger partial charge < -0.3 is 4.84 Å². The van der Waals surface area contributed by atoms with Gasteiger partial charge in [-0.1, -0.05) is 17.7 Å². The number of aromatic amines is 1. The molecule has 0 aliphatic heterocycles. The highest BCUT2D eigenvalue weighted by atomic mass is 35.5. The molecule has 0 spiro atoms. The van der Waals surface area contributed by atoms with Gasteiger partial charge in [-0.3, -0.25) is 5.10 Å². The van der Waals surface area contributed by atoms with Gasteiger partial charge in [-0.05, 0) is 24.1 Å². The van der Waals surface area contributed by atoms with Crippen LogP contribution in [-0.4, -0.2) is 16.8 Å². The van der Waals surface area contributed by atoms with Crippen LogP contribution in [0.1, 0.15) is 5.56 Å². The minimum Gasteiger partial charge on any atom is -0.304 e. The molecule has 0 unspecified atom stereocenters. The highest BCUT2D eigenvalue weighted by molar-refractivity contribution is 6.34. The zero-order valence-electron chi connectivity index (χ0n) is 7.46. The Hall–Kier alpha value is -1.10. The Kier molecular flexibility index (Phi) is 2.67. The molecular formula is C9H10ClN3O. The van der Waals surface area contributed by atoms with Gasteiger partial charge in [-0.2, -0.15) is 5.10 Å². The van der Waals surface area contributed by atoms with Crippen LogP contribution >= 0.6 is 11.6 Å². The first-order valence-corrected chi connectivity index (χ1v) is 4.63. The standard InChI is InChI=1S/C9H10ClN3O/c10-9-7-5-6(3-4-14-11)1-2-8(7)12-13-9/h1-2,5H,3-4,11H2,(H,12,13). The van der Waals surface area contributed by atoms with Gasteiger partial charge in [0.1, 0.15) is 5.15 Å². The first kappa shape index (κ1) is 9.45. The number of hydrogen-bond donors (Lipinski definition) is 2. The number of benzene rings is 1. The van der Waals surface area contributed by atoms with Crippen molar-refractivity contribution in [2.45, 2.75) is 6.42 Å². The van der Waals surface area contributed by atoms with Crippen LogP contribution in [0.25, 0.3) is 10.9 Å². The van der Waals surface area contributed by atoms with E-state index in [0.717, 1.165) is 22.9 Å². The average Bonchev–Trinajstić information content (AvgIpc) is 2.57. The Balaban J connectivity index is 2.34. The molecule has 0 fully saturated rings. The van der Waals surface area contributed by atoms with Crippen molar-refractivity contribution in [3.05, 3.63) is 28.9 Å². The summed E-state index contributed by atoms with van der Waals surface area (Å²) in [4.78, 5) is 4.51. The second-order valence-corrected chi connectivity index (χ2v) is 3.39. The third-order valence-corrected chi connectivity index (χ3v) is 2.37. The van der Waals surface area contributed by atoms with E-state index >= 15 is 0 Å². The number of aromatic nitrogens is 2. The predicted molar refractivity (Wildman–Crippen MR) is 54.9 cm³/mol. The molecule has 1 heterocycles. The summed E-state index contributed by atoms with van der Waals surface area (Å²) in [5.74, 6) is 4.95. The van der Waals surface area contributed by atoms with Crippen molar-refractivity contribution in [3.8, 4) is 0 Å². The Morgan fingerprint density at radius 2 is 2.36 bits per heavy atom. The van der Waals surface area contributed by atoms with Crippen LogP contribution in [0.15, 0.2) is 18.2 Å². The Bertz CT molecular complexity index is 441. The molecule has 0 atom stereocenters. The van der Waals surface area contributed by atoms with Gasteiger partial charge in [0.05, 0.1) is 12.1 Å². The molecule has 0 saturated carbocycles. The minimum absolute atomic E-state index is 0.501. The molecule has 0 saturated heterocycles. The largest absolute Gasteiger partial charge is 0.304 e. The maximum atomic E-state index is 5.90. The monoisotopic (exact) mass is 211 g/mol. The normalized spacial score (nSPS) is 11.0. The molecule has 4 nitrogen and oxygen atoms in total. The van der Waals surface area contributed by atoms with E-state index in [9.17, 15) is 0 Å². The Morgan fingerprint density at radius 3 is 3.14 bits per heavy atom. The number of fused-ring (bicyclic) bond motifs is 1. The average molecular weight is 212 g/mol. The maximum absolute atomic E-state index is 5.90. The molecule has 0 aliphatic rings. The summed E-state index contributed by atoms with van der Waals surface area (Å²) in [5.41, 5.74) is 2.00. The van der Waals surface area contributed by atoms with Gasteiger partial charge in [0.25, 0.3) is 0 Å². The van der Waals surface area contributed by atoms with Crippen molar-refractivity contribution in [1.82, 2.24) is 10.2 Å². The number of H-pyrrole nitrogens is 1. The van der Waals surface area contributed by atoms with Crippen molar-refractivity contribution in [1.29, 1.82) is 0 Å². The van der Waals surface area contributed by atoms with Crippen LogP contribution in [-0.2, 0) is 11.3 Å². The van der Waals surface area contributed by atoms with Crippen molar-refractivity contribution in [2.24, 2.45) is 5.90 Å². The quantitative estimate of drug-likeness (QED) is 0.759. The van der Waals surface area contributed by atoms with E-state index < -0.39 is 0 Å². The molecule has 0 aliphatic carbocycles. The molecule has 5 heteroatoms. The van der Waals surface area contributed by atoms with E-state index in [1.54, 1.807) is 0 Å². The van der Waals surface area contributed by atoms with Crippen molar-refractivity contribution >= 4 is 22.5 Å². The van der Waals surface area contributed by atoms with Crippen molar-refractivity contribution in [2.75, 3.05) is 6.61 Å². The van der Waals surface area contributed by atoms with Crippen LogP contribution in [0.4, 0.5) is 0 Å². The zero-order chi connectivity index (χ0) is 9.97. The minimum atomic E-state index is 0.501. The number of nitrogens with two attached hydrogens (primary N) is 1. The Morgan fingerprint density at radius 1 is 1.50 bits per heavy atom. The molecule has 0 amide bonds. The Labute approximate surface area is 86.0 Å². The van der Waals surface area contributed by atoms with Gasteiger partial charge >= 0.3 is 0 Å². The van der Waals surface area contributed by atoms with E-state index in [-0.39, 0.29) is 0 Å². The van der Waals surface area contributed by atoms with Crippen LogP contribution < -0.4 is 5.90 Å². The molecule has 3 N–H and O–H groups in total. The zero-order valence-corrected chi connectivity index (χ0v) is 8.21. The molecule has 1 aromatic carbocycles. The van der Waals surface area contributed by atoms with Gasteiger partial charge in [0.2, 0.25) is 0 Å². The van der Waals surface area contributed by atoms with E-state index in [1.165, 1.54) is 0 Å². The molecule has 2 rings (SSSR count). The van der Waals surface area contributed by atoms with Crippen LogP contribution in [0.5, 0.6) is 0 Å².